The summed E-state index contributed by atoms with van der Waals surface area (Å²) in [5.41, 5.74) is 6.44. The molecule has 1 heterocycles. The molecule has 1 amide bonds. The largest absolute Gasteiger partial charge is 0.497 e. The van der Waals surface area contributed by atoms with Crippen molar-refractivity contribution in [3.63, 3.8) is 0 Å². The second kappa shape index (κ2) is 9.40. The number of carbonyl (C=O) groups excluding carboxylic acids is 1. The second-order valence-electron chi connectivity index (χ2n) is 7.31. The van der Waals surface area contributed by atoms with Crippen LogP contribution in [-0.4, -0.2) is 33.0 Å². The van der Waals surface area contributed by atoms with Gasteiger partial charge < -0.3 is 20.5 Å². The molecule has 0 aliphatic heterocycles. The molecular weight excluding hydrogens is 454 g/mol. The summed E-state index contributed by atoms with van der Waals surface area (Å²) in [5.74, 6) is 0.224. The quantitative estimate of drug-likeness (QED) is 0.388. The number of nitrogens with zero attached hydrogens (tertiary/aromatic N) is 1. The minimum atomic E-state index is -4.16. The van der Waals surface area contributed by atoms with E-state index < -0.39 is 15.7 Å². The molecule has 0 saturated heterocycles. The number of rotatable bonds is 8. The maximum atomic E-state index is 13.8. The molecule has 0 aliphatic rings. The lowest BCUT2D eigenvalue weighted by Crippen LogP contribution is -2.20. The minimum absolute atomic E-state index is 0.00198. The number of hydrogen-bond donors (Lipinski definition) is 2. The van der Waals surface area contributed by atoms with E-state index in [0.29, 0.717) is 34.7 Å². The van der Waals surface area contributed by atoms with Gasteiger partial charge in [0.25, 0.3) is 5.91 Å². The number of primary amides is 1. The number of para-hydroxylation sites is 1. The predicted molar refractivity (Wildman–Crippen MR) is 130 cm³/mol. The number of aromatic nitrogens is 1. The molecule has 174 valence electrons. The molecule has 3 N–H and O–H groups in total. The van der Waals surface area contributed by atoms with Crippen LogP contribution < -0.4 is 20.5 Å². The highest BCUT2D eigenvalue weighted by Crippen LogP contribution is 2.36. The van der Waals surface area contributed by atoms with Crippen LogP contribution in [0.3, 0.4) is 0 Å². The molecule has 4 aromatic rings. The van der Waals surface area contributed by atoms with Crippen molar-refractivity contribution in [3.8, 4) is 11.5 Å². The molecule has 3 aromatic carbocycles. The summed E-state index contributed by atoms with van der Waals surface area (Å²) < 4.78 is 38.3. The first kappa shape index (κ1) is 23.1. The summed E-state index contributed by atoms with van der Waals surface area (Å²) in [6, 6.07) is 19.7. The van der Waals surface area contributed by atoms with E-state index in [1.807, 2.05) is 6.92 Å². The number of methoxy groups -OCH3 is 1. The molecule has 0 radical (unpaired) electrons. The van der Waals surface area contributed by atoms with Crippen LogP contribution in [0.5, 0.6) is 11.5 Å². The van der Waals surface area contributed by atoms with Crippen molar-refractivity contribution >= 4 is 38.2 Å². The first-order chi connectivity index (χ1) is 16.3. The average molecular weight is 478 g/mol. The van der Waals surface area contributed by atoms with Gasteiger partial charge >= 0.3 is 0 Å². The zero-order valence-electron chi connectivity index (χ0n) is 18.6. The highest BCUT2D eigenvalue weighted by Gasteiger charge is 2.30. The van der Waals surface area contributed by atoms with Gasteiger partial charge in [-0.15, -0.1) is 0 Å². The molecule has 4 rings (SSSR count). The lowest BCUT2D eigenvalue weighted by Gasteiger charge is -2.17. The molecule has 0 spiro atoms. The van der Waals surface area contributed by atoms with E-state index in [9.17, 15) is 13.2 Å². The number of hydrogen-bond acceptors (Lipinski definition) is 7. The van der Waals surface area contributed by atoms with Crippen LogP contribution in [0.4, 0.5) is 11.5 Å². The number of pyridine rings is 1. The van der Waals surface area contributed by atoms with E-state index in [1.165, 1.54) is 19.2 Å². The summed E-state index contributed by atoms with van der Waals surface area (Å²) in [5, 5.41) is 3.33. The average Bonchev–Trinajstić information content (AvgIpc) is 2.83. The first-order valence-corrected chi connectivity index (χ1v) is 11.9. The smallest absolute Gasteiger partial charge is 0.253 e. The van der Waals surface area contributed by atoms with Gasteiger partial charge in [0.1, 0.15) is 22.9 Å². The summed E-state index contributed by atoms with van der Waals surface area (Å²) in [4.78, 5) is 17.0. The monoisotopic (exact) mass is 477 g/mol. The Morgan fingerprint density at radius 2 is 1.74 bits per heavy atom. The predicted octanol–water partition coefficient (Wildman–Crippen LogP) is 4.32. The molecule has 0 bridgehead atoms. The number of nitrogens with two attached hydrogens (primary N) is 1. The van der Waals surface area contributed by atoms with Crippen molar-refractivity contribution in [2.75, 3.05) is 19.0 Å². The zero-order valence-corrected chi connectivity index (χ0v) is 19.4. The lowest BCUT2D eigenvalue weighted by atomic mass is 10.1. The summed E-state index contributed by atoms with van der Waals surface area (Å²) >= 11 is 0. The van der Waals surface area contributed by atoms with Gasteiger partial charge in [-0.1, -0.05) is 24.3 Å². The highest BCUT2D eigenvalue weighted by atomic mass is 32.2. The van der Waals surface area contributed by atoms with Gasteiger partial charge in [-0.3, -0.25) is 4.79 Å². The Balaban J connectivity index is 1.96. The Bertz CT molecular complexity index is 1470. The van der Waals surface area contributed by atoms with Crippen molar-refractivity contribution in [2.45, 2.75) is 16.7 Å². The van der Waals surface area contributed by atoms with Gasteiger partial charge in [0, 0.05) is 17.1 Å². The Hall–Kier alpha value is -4.11. The number of benzene rings is 3. The third-order valence-corrected chi connectivity index (χ3v) is 6.99. The fourth-order valence-corrected chi connectivity index (χ4v) is 5.28. The minimum Gasteiger partial charge on any atom is -0.497 e. The SMILES string of the molecule is CCOc1ccc(S(=O)(=O)c2c(C(N)=O)c(Nc3cccc(OC)c3)nc3ccccc23)cc1. The van der Waals surface area contributed by atoms with Crippen LogP contribution in [-0.2, 0) is 9.84 Å². The lowest BCUT2D eigenvalue weighted by molar-refractivity contribution is 0.0998. The molecule has 0 saturated carbocycles. The Kier molecular flexibility index (Phi) is 6.38. The molecule has 0 fully saturated rings. The van der Waals surface area contributed by atoms with Crippen LogP contribution in [0.2, 0.25) is 0 Å². The van der Waals surface area contributed by atoms with Crippen LogP contribution >= 0.6 is 0 Å². The fraction of sp³-hybridized carbons (Fsp3) is 0.120. The van der Waals surface area contributed by atoms with Crippen LogP contribution in [0, 0.1) is 0 Å². The molecule has 34 heavy (non-hydrogen) atoms. The molecule has 9 heteroatoms. The van der Waals surface area contributed by atoms with E-state index in [4.69, 9.17) is 15.2 Å². The molecule has 8 nitrogen and oxygen atoms in total. The standard InChI is InChI=1S/C25H23N3O5S/c1-3-33-17-11-13-19(14-12-17)34(30,31)23-20-9-4-5-10-21(20)28-25(22(23)24(26)29)27-16-7-6-8-18(15-16)32-2/h4-15H,3H2,1-2H3,(H2,26,29)(H,27,28). The third kappa shape index (κ3) is 4.38. The number of anilines is 2. The number of amides is 1. The second-order valence-corrected chi connectivity index (χ2v) is 9.20. The molecule has 0 aliphatic carbocycles. The maximum absolute atomic E-state index is 13.8. The van der Waals surface area contributed by atoms with Gasteiger partial charge in [-0.2, -0.15) is 0 Å². The number of ether oxygens (including phenoxy) is 2. The van der Waals surface area contributed by atoms with Crippen molar-refractivity contribution in [2.24, 2.45) is 5.73 Å². The van der Waals surface area contributed by atoms with E-state index in [1.54, 1.807) is 60.7 Å². The number of carbonyl (C=O) groups is 1. The van der Waals surface area contributed by atoms with Gasteiger partial charge in [0.15, 0.2) is 0 Å². The Labute approximate surface area is 197 Å². The molecule has 1 aromatic heterocycles. The van der Waals surface area contributed by atoms with E-state index in [0.717, 1.165) is 0 Å². The van der Waals surface area contributed by atoms with Crippen molar-refractivity contribution in [1.82, 2.24) is 4.98 Å². The Morgan fingerprint density at radius 1 is 1.00 bits per heavy atom. The summed E-state index contributed by atoms with van der Waals surface area (Å²) in [7, 11) is -2.63. The zero-order chi connectivity index (χ0) is 24.3. The number of fused-ring (bicyclic) bond motifs is 1. The summed E-state index contributed by atoms with van der Waals surface area (Å²) in [6.45, 7) is 2.29. The van der Waals surface area contributed by atoms with Crippen molar-refractivity contribution in [1.29, 1.82) is 0 Å². The van der Waals surface area contributed by atoms with E-state index in [2.05, 4.69) is 10.3 Å². The fourth-order valence-electron chi connectivity index (χ4n) is 3.62. The van der Waals surface area contributed by atoms with Crippen molar-refractivity contribution in [3.05, 3.63) is 78.4 Å². The Morgan fingerprint density at radius 3 is 2.41 bits per heavy atom. The topological polar surface area (TPSA) is 121 Å². The van der Waals surface area contributed by atoms with E-state index in [-0.39, 0.29) is 21.2 Å². The maximum Gasteiger partial charge on any atom is 0.253 e. The summed E-state index contributed by atoms with van der Waals surface area (Å²) in [6.07, 6.45) is 0. The van der Waals surface area contributed by atoms with Crippen LogP contribution in [0.25, 0.3) is 10.9 Å². The highest BCUT2D eigenvalue weighted by molar-refractivity contribution is 7.91. The molecule has 0 atom stereocenters. The molecular formula is C25H23N3O5S. The van der Waals surface area contributed by atoms with Gasteiger partial charge in [-0.25, -0.2) is 13.4 Å². The normalized spacial score (nSPS) is 11.2. The third-order valence-electron chi connectivity index (χ3n) is 5.14. The van der Waals surface area contributed by atoms with Crippen LogP contribution in [0.1, 0.15) is 17.3 Å². The van der Waals surface area contributed by atoms with Gasteiger partial charge in [-0.05, 0) is 49.4 Å². The van der Waals surface area contributed by atoms with Gasteiger partial charge in [0.2, 0.25) is 9.84 Å². The number of nitrogens with one attached hydrogen (secondary N) is 1. The molecule has 0 unspecified atom stereocenters. The van der Waals surface area contributed by atoms with E-state index >= 15 is 0 Å². The number of sulfone groups is 1. The van der Waals surface area contributed by atoms with Crippen molar-refractivity contribution < 1.29 is 22.7 Å². The van der Waals surface area contributed by atoms with Gasteiger partial charge in [0.05, 0.1) is 29.0 Å². The van der Waals surface area contributed by atoms with Crippen LogP contribution in [0.15, 0.2) is 82.6 Å². The first-order valence-electron chi connectivity index (χ1n) is 10.5.